The van der Waals surface area contributed by atoms with Crippen molar-refractivity contribution in [1.29, 1.82) is 0 Å². The molecule has 6 heteroatoms. The number of nitrogens with zero attached hydrogens (tertiary/aromatic N) is 4. The van der Waals surface area contributed by atoms with Gasteiger partial charge in [0, 0.05) is 33.0 Å². The topological polar surface area (TPSA) is 60.2 Å². The van der Waals surface area contributed by atoms with Crippen LogP contribution in [0.2, 0.25) is 0 Å². The molecule has 6 aromatic carbocycles. The Labute approximate surface area is 246 Å². The number of rotatable bonds is 3. The minimum absolute atomic E-state index is 0.320. The van der Waals surface area contributed by atoms with Crippen LogP contribution in [0, 0.1) is 0 Å². The number of pyridine rings is 1. The maximum Gasteiger partial charge on any atom is 0.206 e. The first-order valence-electron chi connectivity index (χ1n) is 14.2. The molecule has 0 bridgehead atoms. The van der Waals surface area contributed by atoms with E-state index in [1.165, 1.54) is 5.39 Å². The maximum atomic E-state index is 15.6. The Morgan fingerprint density at radius 3 is 2.07 bits per heavy atom. The Bertz CT molecular complexity index is 2540. The molecule has 1 unspecified atom stereocenters. The molecule has 0 aliphatic rings. The van der Waals surface area contributed by atoms with Gasteiger partial charge < -0.3 is 4.57 Å². The highest BCUT2D eigenvalue weighted by Crippen LogP contribution is 2.43. The van der Waals surface area contributed by atoms with E-state index in [9.17, 15) is 0 Å². The molecule has 0 amide bonds. The Hall–Kier alpha value is -5.38. The van der Waals surface area contributed by atoms with E-state index in [1.807, 2.05) is 84.9 Å². The summed E-state index contributed by atoms with van der Waals surface area (Å²) in [7, 11) is -3.50. The highest BCUT2D eigenvalue weighted by Gasteiger charge is 2.34. The average molecular weight is 571 g/mol. The first-order chi connectivity index (χ1) is 21.2. The summed E-state index contributed by atoms with van der Waals surface area (Å²) in [6.45, 7) is 0. The molecule has 0 aliphatic heterocycles. The Morgan fingerprint density at radius 2 is 1.19 bits per heavy atom. The summed E-state index contributed by atoms with van der Waals surface area (Å²) in [5, 5.41) is 7.77. The minimum Gasteiger partial charge on any atom is -0.305 e. The highest BCUT2D eigenvalue weighted by molar-refractivity contribution is 7.85. The molecule has 0 aliphatic carbocycles. The molecule has 3 heterocycles. The van der Waals surface area contributed by atoms with Crippen molar-refractivity contribution in [3.8, 4) is 0 Å². The molecule has 0 saturated heterocycles. The molecule has 0 spiro atoms. The van der Waals surface area contributed by atoms with Crippen molar-refractivity contribution < 1.29 is 4.57 Å². The first-order valence-corrected chi connectivity index (χ1v) is 15.9. The van der Waals surface area contributed by atoms with Gasteiger partial charge in [-0.05, 0) is 52.6 Å². The lowest BCUT2D eigenvalue weighted by Gasteiger charge is -2.19. The van der Waals surface area contributed by atoms with Crippen LogP contribution >= 0.6 is 7.14 Å². The van der Waals surface area contributed by atoms with Gasteiger partial charge in [0.25, 0.3) is 0 Å². The molecule has 1 atom stereocenters. The maximum absolute atomic E-state index is 15.6. The second-order valence-corrected chi connectivity index (χ2v) is 13.5. The lowest BCUT2D eigenvalue weighted by atomic mass is 10.1. The molecule has 0 saturated carbocycles. The summed E-state index contributed by atoms with van der Waals surface area (Å²) in [6, 6.07) is 44.7. The van der Waals surface area contributed by atoms with Crippen LogP contribution in [0.3, 0.4) is 0 Å². The van der Waals surface area contributed by atoms with Gasteiger partial charge in [0.05, 0.1) is 22.1 Å². The SMILES string of the molecule is O=P(c1ccc2ccccc2c1)(c1ccc2c(c1)nc1c3ccccc3c3ccccc3n21)c1ncc2ccccc2n1. The molecule has 43 heavy (non-hydrogen) atoms. The van der Waals surface area contributed by atoms with Gasteiger partial charge in [-0.2, -0.15) is 0 Å². The van der Waals surface area contributed by atoms with E-state index < -0.39 is 7.14 Å². The number of hydrogen-bond donors (Lipinski definition) is 0. The van der Waals surface area contributed by atoms with Gasteiger partial charge in [-0.15, -0.1) is 0 Å². The monoisotopic (exact) mass is 570 g/mol. The fourth-order valence-corrected chi connectivity index (χ4v) is 8.79. The minimum atomic E-state index is -3.50. The van der Waals surface area contributed by atoms with E-state index in [0.29, 0.717) is 16.2 Å². The fourth-order valence-electron chi connectivity index (χ4n) is 6.37. The third-order valence-corrected chi connectivity index (χ3v) is 11.2. The smallest absolute Gasteiger partial charge is 0.206 e. The van der Waals surface area contributed by atoms with Crippen LogP contribution in [0.1, 0.15) is 0 Å². The van der Waals surface area contributed by atoms with Gasteiger partial charge in [0.2, 0.25) is 7.14 Å². The summed E-state index contributed by atoms with van der Waals surface area (Å²) < 4.78 is 17.8. The second kappa shape index (κ2) is 9.06. The van der Waals surface area contributed by atoms with Crippen molar-refractivity contribution in [2.45, 2.75) is 0 Å². The van der Waals surface area contributed by atoms with Gasteiger partial charge in [-0.25, -0.2) is 15.0 Å². The quantitative estimate of drug-likeness (QED) is 0.163. The molecule has 5 nitrogen and oxygen atoms in total. The number of hydrogen-bond acceptors (Lipinski definition) is 4. The predicted octanol–water partition coefficient (Wildman–Crippen LogP) is 7.53. The zero-order valence-electron chi connectivity index (χ0n) is 22.9. The lowest BCUT2D eigenvalue weighted by Crippen LogP contribution is -2.29. The number of aromatic nitrogens is 4. The summed E-state index contributed by atoms with van der Waals surface area (Å²) in [4.78, 5) is 14.8. The Morgan fingerprint density at radius 1 is 0.512 bits per heavy atom. The van der Waals surface area contributed by atoms with E-state index in [2.05, 4.69) is 52.9 Å². The number of benzene rings is 6. The molecule has 0 N–H and O–H groups in total. The van der Waals surface area contributed by atoms with Crippen molar-refractivity contribution in [3.05, 3.63) is 140 Å². The van der Waals surface area contributed by atoms with Crippen molar-refractivity contribution in [2.24, 2.45) is 0 Å². The first kappa shape index (κ1) is 24.2. The Kier molecular flexibility index (Phi) is 5.11. The van der Waals surface area contributed by atoms with Crippen LogP contribution in [0.15, 0.2) is 140 Å². The molecule has 3 aromatic heterocycles. The third kappa shape index (κ3) is 3.52. The van der Waals surface area contributed by atoms with Gasteiger partial charge in [-0.3, -0.25) is 4.40 Å². The lowest BCUT2D eigenvalue weighted by molar-refractivity contribution is 0.591. The van der Waals surface area contributed by atoms with Crippen molar-refractivity contribution in [1.82, 2.24) is 19.4 Å². The van der Waals surface area contributed by atoms with Gasteiger partial charge >= 0.3 is 0 Å². The largest absolute Gasteiger partial charge is 0.305 e. The molecular formula is C37H23N4OP. The summed E-state index contributed by atoms with van der Waals surface area (Å²) in [5.41, 5.74) is 4.79. The van der Waals surface area contributed by atoms with Crippen LogP contribution in [-0.4, -0.2) is 19.4 Å². The second-order valence-electron chi connectivity index (χ2n) is 10.9. The normalized spacial score (nSPS) is 13.4. The average Bonchev–Trinajstić information content (AvgIpc) is 3.47. The van der Waals surface area contributed by atoms with Crippen LogP contribution < -0.4 is 16.2 Å². The molecule has 9 rings (SSSR count). The van der Waals surface area contributed by atoms with Crippen LogP contribution in [0.25, 0.3) is 60.0 Å². The van der Waals surface area contributed by atoms with E-state index in [4.69, 9.17) is 15.0 Å². The van der Waals surface area contributed by atoms with Gasteiger partial charge in [-0.1, -0.05) is 97.1 Å². The zero-order valence-corrected chi connectivity index (χ0v) is 23.8. The van der Waals surface area contributed by atoms with Crippen molar-refractivity contribution in [2.75, 3.05) is 0 Å². The van der Waals surface area contributed by atoms with E-state index in [0.717, 1.165) is 54.6 Å². The molecule has 202 valence electrons. The zero-order chi connectivity index (χ0) is 28.5. The molecular weight excluding hydrogens is 547 g/mol. The summed E-state index contributed by atoms with van der Waals surface area (Å²) in [6.07, 6.45) is 1.77. The van der Waals surface area contributed by atoms with E-state index >= 15 is 4.57 Å². The molecule has 0 radical (unpaired) electrons. The fraction of sp³-hybridized carbons (Fsp3) is 0. The van der Waals surface area contributed by atoms with E-state index in [-0.39, 0.29) is 0 Å². The van der Waals surface area contributed by atoms with Crippen molar-refractivity contribution in [3.63, 3.8) is 0 Å². The van der Waals surface area contributed by atoms with E-state index in [1.54, 1.807) is 6.20 Å². The van der Waals surface area contributed by atoms with Gasteiger partial charge in [0.15, 0.2) is 5.57 Å². The number of fused-ring (bicyclic) bond motifs is 10. The molecule has 9 aromatic rings. The Balaban J connectivity index is 1.36. The summed E-state index contributed by atoms with van der Waals surface area (Å²) >= 11 is 0. The highest BCUT2D eigenvalue weighted by atomic mass is 31.2. The van der Waals surface area contributed by atoms with Crippen molar-refractivity contribution >= 4 is 83.3 Å². The predicted molar refractivity (Wildman–Crippen MR) is 178 cm³/mol. The standard InChI is InChI=1S/C37H23N4OP/c42-43(27-18-17-24-9-1-2-10-25(24)21-27,37-38-23-26-11-3-7-15-32(26)40-37)28-19-20-35-33(22-28)39-36-31-14-5-4-12-29(31)30-13-6-8-16-34(30)41(35)36/h1-23H. The van der Waals surface area contributed by atoms with Gasteiger partial charge in [0.1, 0.15) is 5.65 Å². The number of imidazole rings is 1. The van der Waals surface area contributed by atoms with Crippen LogP contribution in [0.4, 0.5) is 0 Å². The summed E-state index contributed by atoms with van der Waals surface area (Å²) in [5.74, 6) is 0. The number of para-hydroxylation sites is 2. The molecule has 0 fully saturated rings. The van der Waals surface area contributed by atoms with Crippen LogP contribution in [-0.2, 0) is 4.57 Å². The third-order valence-electron chi connectivity index (χ3n) is 8.46. The van der Waals surface area contributed by atoms with Crippen LogP contribution in [0.5, 0.6) is 0 Å².